The minimum atomic E-state index is -0.243. The van der Waals surface area contributed by atoms with E-state index in [0.29, 0.717) is 16.3 Å². The van der Waals surface area contributed by atoms with Gasteiger partial charge in [-0.15, -0.1) is 12.4 Å². The van der Waals surface area contributed by atoms with E-state index in [4.69, 9.17) is 11.6 Å². The first-order valence-corrected chi connectivity index (χ1v) is 8.61. The Balaban J connectivity index is 0.00000210. The van der Waals surface area contributed by atoms with Crippen LogP contribution in [0.25, 0.3) is 22.4 Å². The number of H-pyrrole nitrogens is 1. The van der Waals surface area contributed by atoms with Gasteiger partial charge in [-0.1, -0.05) is 41.9 Å². The third-order valence-corrected chi connectivity index (χ3v) is 4.48. The van der Waals surface area contributed by atoms with Crippen LogP contribution in [0.5, 0.6) is 0 Å². The van der Waals surface area contributed by atoms with Gasteiger partial charge in [-0.25, -0.2) is 4.98 Å². The summed E-state index contributed by atoms with van der Waals surface area (Å²) in [6.07, 6.45) is 0. The van der Waals surface area contributed by atoms with Gasteiger partial charge in [0.2, 0.25) is 0 Å². The highest BCUT2D eigenvalue weighted by molar-refractivity contribution is 6.34. The number of carbonyl (C=O) groups is 1. The van der Waals surface area contributed by atoms with Gasteiger partial charge in [0.05, 0.1) is 21.6 Å². The molecule has 0 radical (unpaired) electrons. The average molecular weight is 398 g/mol. The summed E-state index contributed by atoms with van der Waals surface area (Å²) in [7, 11) is 0. The van der Waals surface area contributed by atoms with E-state index in [9.17, 15) is 4.79 Å². The number of anilines is 1. The molecule has 136 valence electrons. The third kappa shape index (κ3) is 3.97. The molecule has 0 aliphatic carbocycles. The predicted octanol–water partition coefficient (Wildman–Crippen LogP) is 5.87. The third-order valence-electron chi connectivity index (χ3n) is 4.15. The lowest BCUT2D eigenvalue weighted by Crippen LogP contribution is -2.12. The molecule has 1 heterocycles. The molecule has 0 atom stereocenters. The smallest absolute Gasteiger partial charge is 0.257 e. The van der Waals surface area contributed by atoms with Crippen molar-refractivity contribution in [3.8, 4) is 11.4 Å². The Morgan fingerprint density at radius 2 is 1.85 bits per heavy atom. The lowest BCUT2D eigenvalue weighted by Gasteiger charge is -2.07. The number of hydrogen-bond acceptors (Lipinski definition) is 2. The highest BCUT2D eigenvalue weighted by atomic mass is 35.5. The van der Waals surface area contributed by atoms with Gasteiger partial charge in [-0.2, -0.15) is 0 Å². The number of aryl methyl sites for hydroxylation is 1. The zero-order chi connectivity index (χ0) is 18.1. The molecule has 0 unspecified atom stereocenters. The molecular weight excluding hydrogens is 381 g/mol. The van der Waals surface area contributed by atoms with Gasteiger partial charge in [-0.05, 0) is 48.9 Å². The van der Waals surface area contributed by atoms with Gasteiger partial charge in [0.1, 0.15) is 5.82 Å². The van der Waals surface area contributed by atoms with E-state index in [1.54, 1.807) is 24.3 Å². The van der Waals surface area contributed by atoms with Crippen molar-refractivity contribution in [2.45, 2.75) is 6.92 Å². The first-order valence-electron chi connectivity index (χ1n) is 8.23. The molecule has 0 spiro atoms. The number of carbonyl (C=O) groups excluding carboxylic acids is 1. The highest BCUT2D eigenvalue weighted by Crippen LogP contribution is 2.24. The Kier molecular flexibility index (Phi) is 5.49. The van der Waals surface area contributed by atoms with Crippen LogP contribution < -0.4 is 5.32 Å². The molecule has 1 amide bonds. The van der Waals surface area contributed by atoms with Crippen LogP contribution in [0.2, 0.25) is 5.02 Å². The number of aromatic nitrogens is 2. The lowest BCUT2D eigenvalue weighted by atomic mass is 10.1. The zero-order valence-corrected chi connectivity index (χ0v) is 16.1. The van der Waals surface area contributed by atoms with Crippen LogP contribution in [0.4, 0.5) is 5.69 Å². The number of benzene rings is 3. The summed E-state index contributed by atoms with van der Waals surface area (Å²) in [6.45, 7) is 2.05. The van der Waals surface area contributed by atoms with Crippen LogP contribution in [0, 0.1) is 6.92 Å². The van der Waals surface area contributed by atoms with E-state index in [0.717, 1.165) is 22.4 Å². The maximum absolute atomic E-state index is 12.4. The molecule has 4 aromatic rings. The minimum Gasteiger partial charge on any atom is -0.338 e. The Hall–Kier alpha value is -2.82. The van der Waals surface area contributed by atoms with Gasteiger partial charge >= 0.3 is 0 Å². The van der Waals surface area contributed by atoms with Gasteiger partial charge in [0.25, 0.3) is 5.91 Å². The molecule has 2 N–H and O–H groups in total. The number of nitrogens with zero attached hydrogens (tertiary/aromatic N) is 1. The van der Waals surface area contributed by atoms with E-state index in [-0.39, 0.29) is 18.3 Å². The molecule has 1 aromatic heterocycles. The normalized spacial score (nSPS) is 10.4. The summed E-state index contributed by atoms with van der Waals surface area (Å²) < 4.78 is 0. The maximum Gasteiger partial charge on any atom is 0.257 e. The molecular formula is C21H17Cl2N3O. The quantitative estimate of drug-likeness (QED) is 0.454. The highest BCUT2D eigenvalue weighted by Gasteiger charge is 2.11. The van der Waals surface area contributed by atoms with Crippen LogP contribution >= 0.6 is 24.0 Å². The fourth-order valence-corrected chi connectivity index (χ4v) is 3.07. The number of aromatic amines is 1. The van der Waals surface area contributed by atoms with E-state index >= 15 is 0 Å². The molecule has 0 fully saturated rings. The van der Waals surface area contributed by atoms with Gasteiger partial charge in [0, 0.05) is 11.3 Å². The van der Waals surface area contributed by atoms with E-state index in [1.807, 2.05) is 43.3 Å². The molecule has 4 nitrogen and oxygen atoms in total. The van der Waals surface area contributed by atoms with Crippen LogP contribution in [0.15, 0.2) is 66.7 Å². The van der Waals surface area contributed by atoms with Gasteiger partial charge in [0.15, 0.2) is 0 Å². The van der Waals surface area contributed by atoms with Crippen molar-refractivity contribution in [2.24, 2.45) is 0 Å². The van der Waals surface area contributed by atoms with E-state index < -0.39 is 0 Å². The first-order chi connectivity index (χ1) is 12.6. The van der Waals surface area contributed by atoms with Crippen molar-refractivity contribution in [2.75, 3.05) is 5.32 Å². The molecule has 27 heavy (non-hydrogen) atoms. The number of rotatable bonds is 3. The van der Waals surface area contributed by atoms with Crippen molar-refractivity contribution in [1.29, 1.82) is 0 Å². The second-order valence-electron chi connectivity index (χ2n) is 6.12. The molecule has 4 rings (SSSR count). The summed E-state index contributed by atoms with van der Waals surface area (Å²) in [5.41, 5.74) is 5.11. The molecule has 0 saturated carbocycles. The molecule has 0 bridgehead atoms. The first kappa shape index (κ1) is 19.0. The fourth-order valence-electron chi connectivity index (χ4n) is 2.85. The summed E-state index contributed by atoms with van der Waals surface area (Å²) in [4.78, 5) is 20.4. The molecule has 0 aliphatic rings. The Bertz CT molecular complexity index is 1120. The monoisotopic (exact) mass is 397 g/mol. The van der Waals surface area contributed by atoms with Crippen LogP contribution in [0.3, 0.4) is 0 Å². The van der Waals surface area contributed by atoms with Crippen molar-refractivity contribution >= 4 is 46.6 Å². The second kappa shape index (κ2) is 7.82. The number of amides is 1. The van der Waals surface area contributed by atoms with Crippen molar-refractivity contribution in [1.82, 2.24) is 9.97 Å². The summed E-state index contributed by atoms with van der Waals surface area (Å²) >= 11 is 6.09. The summed E-state index contributed by atoms with van der Waals surface area (Å²) in [6, 6.07) is 20.6. The fraction of sp³-hybridized carbons (Fsp3) is 0.0476. The van der Waals surface area contributed by atoms with Crippen LogP contribution in [0.1, 0.15) is 15.9 Å². The standard InChI is InChI=1S/C21H16ClN3O.ClH/c1-13-9-10-18-19(11-13)25-20(24-18)14-5-4-6-15(12-14)23-21(26)16-7-2-3-8-17(16)22;/h2-12H,1H3,(H,23,26)(H,24,25);1H. The number of hydrogen-bond donors (Lipinski definition) is 2. The molecule has 6 heteroatoms. The van der Waals surface area contributed by atoms with E-state index in [2.05, 4.69) is 21.4 Å². The van der Waals surface area contributed by atoms with Crippen LogP contribution in [-0.4, -0.2) is 15.9 Å². The van der Waals surface area contributed by atoms with Gasteiger partial charge < -0.3 is 10.3 Å². The van der Waals surface area contributed by atoms with E-state index in [1.165, 1.54) is 5.56 Å². The maximum atomic E-state index is 12.4. The SMILES string of the molecule is Cc1ccc2nc(-c3cccc(NC(=O)c4ccccc4Cl)c3)[nH]c2c1.Cl. The summed E-state index contributed by atoms with van der Waals surface area (Å²) in [5, 5.41) is 3.31. The minimum absolute atomic E-state index is 0. The zero-order valence-electron chi connectivity index (χ0n) is 14.5. The number of imidazole rings is 1. The number of fused-ring (bicyclic) bond motifs is 1. The van der Waals surface area contributed by atoms with Crippen molar-refractivity contribution < 1.29 is 4.79 Å². The Morgan fingerprint density at radius 1 is 1.04 bits per heavy atom. The Morgan fingerprint density at radius 3 is 2.67 bits per heavy atom. The topological polar surface area (TPSA) is 57.8 Å². The molecule has 3 aromatic carbocycles. The van der Waals surface area contributed by atoms with Crippen molar-refractivity contribution in [3.63, 3.8) is 0 Å². The van der Waals surface area contributed by atoms with Crippen molar-refractivity contribution in [3.05, 3.63) is 82.9 Å². The average Bonchev–Trinajstić information content (AvgIpc) is 3.05. The molecule has 0 saturated heterocycles. The van der Waals surface area contributed by atoms with Crippen LogP contribution in [-0.2, 0) is 0 Å². The molecule has 0 aliphatic heterocycles. The Labute approximate surface area is 168 Å². The lowest BCUT2D eigenvalue weighted by molar-refractivity contribution is 0.102. The predicted molar refractivity (Wildman–Crippen MR) is 113 cm³/mol. The van der Waals surface area contributed by atoms with Gasteiger partial charge in [-0.3, -0.25) is 4.79 Å². The second-order valence-corrected chi connectivity index (χ2v) is 6.53. The number of nitrogens with one attached hydrogen (secondary N) is 2. The summed E-state index contributed by atoms with van der Waals surface area (Å²) in [5.74, 6) is 0.521. The number of halogens is 2. The largest absolute Gasteiger partial charge is 0.338 e.